The molecule has 2 aromatic carbocycles. The molecular formula is C27H30N4O3. The van der Waals surface area contributed by atoms with E-state index in [2.05, 4.69) is 22.5 Å². The van der Waals surface area contributed by atoms with Crippen LogP contribution in [-0.2, 0) is 11.3 Å². The summed E-state index contributed by atoms with van der Waals surface area (Å²) in [4.78, 5) is 19.3. The fourth-order valence-electron chi connectivity index (χ4n) is 5.82. The number of nitrogens with zero attached hydrogens (tertiary/aromatic N) is 4. The first-order chi connectivity index (χ1) is 16.3. The zero-order chi connectivity index (χ0) is 23.9. The van der Waals surface area contributed by atoms with Crippen molar-refractivity contribution in [2.24, 2.45) is 5.41 Å². The van der Waals surface area contributed by atoms with Gasteiger partial charge in [0.2, 0.25) is 0 Å². The van der Waals surface area contributed by atoms with Crippen molar-refractivity contribution in [3.8, 4) is 11.8 Å². The summed E-state index contributed by atoms with van der Waals surface area (Å²) in [5.74, 6) is 0.751. The molecule has 0 unspecified atom stereocenters. The number of amides is 1. The lowest BCUT2D eigenvalue weighted by molar-refractivity contribution is -0.0264. The van der Waals surface area contributed by atoms with Crippen LogP contribution >= 0.6 is 0 Å². The van der Waals surface area contributed by atoms with E-state index < -0.39 is 5.60 Å². The maximum atomic E-state index is 12.9. The minimum absolute atomic E-state index is 0.0636. The number of aromatic nitrogens is 2. The Kier molecular flexibility index (Phi) is 5.47. The zero-order valence-electron chi connectivity index (χ0n) is 20.0. The molecule has 3 aromatic rings. The number of fused-ring (bicyclic) bond motifs is 1. The third-order valence-electron chi connectivity index (χ3n) is 7.17. The van der Waals surface area contributed by atoms with Crippen LogP contribution in [0.15, 0.2) is 42.7 Å². The second kappa shape index (κ2) is 8.35. The van der Waals surface area contributed by atoms with E-state index in [4.69, 9.17) is 9.47 Å². The van der Waals surface area contributed by atoms with E-state index in [1.807, 2.05) is 56.6 Å². The molecule has 7 nitrogen and oxygen atoms in total. The van der Waals surface area contributed by atoms with Crippen LogP contribution in [0.5, 0.6) is 5.75 Å². The first kappa shape index (κ1) is 22.3. The largest absolute Gasteiger partial charge is 0.494 e. The second-order valence-electron chi connectivity index (χ2n) is 10.1. The number of carbonyl (C=O) groups excluding carboxylic acids is 1. The topological polar surface area (TPSA) is 80.4 Å². The summed E-state index contributed by atoms with van der Waals surface area (Å²) in [7, 11) is 0. The number of anilines is 1. The quantitative estimate of drug-likeness (QED) is 0.498. The summed E-state index contributed by atoms with van der Waals surface area (Å²) in [6.45, 7) is 8.09. The molecule has 2 heterocycles. The molecule has 2 fully saturated rings. The number of rotatable bonds is 5. The number of ether oxygens (including phenoxy) is 2. The predicted octanol–water partition coefficient (Wildman–Crippen LogP) is 5.59. The summed E-state index contributed by atoms with van der Waals surface area (Å²) in [5, 5.41) is 9.41. The number of hydrogen-bond acceptors (Lipinski definition) is 5. The van der Waals surface area contributed by atoms with Crippen molar-refractivity contribution in [3.05, 3.63) is 53.9 Å². The van der Waals surface area contributed by atoms with Crippen LogP contribution in [0.3, 0.4) is 0 Å². The first-order valence-corrected chi connectivity index (χ1v) is 11.9. The number of nitriles is 1. The molecule has 1 spiro atoms. The van der Waals surface area contributed by atoms with E-state index in [-0.39, 0.29) is 11.5 Å². The maximum absolute atomic E-state index is 12.9. The molecule has 0 N–H and O–H groups in total. The molecule has 7 heteroatoms. The Morgan fingerprint density at radius 2 is 2.12 bits per heavy atom. The van der Waals surface area contributed by atoms with Crippen LogP contribution in [-0.4, -0.2) is 34.4 Å². The van der Waals surface area contributed by atoms with Crippen LogP contribution in [0.25, 0.3) is 11.0 Å². The standard InChI is InChI=1S/C27H30N4O3/c1-4-33-22-8-5-7-21(13-22)31-17-27(34-25(31)32)10-6-9-26(3,15-27)16-30-18-29-24-19(2)11-20(14-28)12-23(24)30/h5,7-8,11-13,18H,4,6,9-10,15-17H2,1-3H3/t26-,27-/m0/s1. The zero-order valence-corrected chi connectivity index (χ0v) is 20.0. The van der Waals surface area contributed by atoms with Gasteiger partial charge in [0.05, 0.1) is 47.8 Å². The van der Waals surface area contributed by atoms with E-state index in [0.29, 0.717) is 18.7 Å². The van der Waals surface area contributed by atoms with Gasteiger partial charge in [-0.1, -0.05) is 13.0 Å². The summed E-state index contributed by atoms with van der Waals surface area (Å²) >= 11 is 0. The van der Waals surface area contributed by atoms with Gasteiger partial charge < -0.3 is 14.0 Å². The molecule has 1 saturated carbocycles. The van der Waals surface area contributed by atoms with Crippen molar-refractivity contribution in [3.63, 3.8) is 0 Å². The van der Waals surface area contributed by atoms with E-state index in [1.165, 1.54) is 0 Å². The average molecular weight is 459 g/mol. The lowest BCUT2D eigenvalue weighted by atomic mass is 9.68. The van der Waals surface area contributed by atoms with Crippen molar-refractivity contribution in [2.75, 3.05) is 18.1 Å². The van der Waals surface area contributed by atoms with Gasteiger partial charge in [0.1, 0.15) is 11.4 Å². The summed E-state index contributed by atoms with van der Waals surface area (Å²) in [6.07, 6.45) is 5.26. The highest BCUT2D eigenvalue weighted by Crippen LogP contribution is 2.48. The second-order valence-corrected chi connectivity index (χ2v) is 10.1. The molecule has 2 aliphatic rings. The Labute approximate surface area is 199 Å². The van der Waals surface area contributed by atoms with Crippen molar-refractivity contribution in [2.45, 2.75) is 58.6 Å². The highest BCUT2D eigenvalue weighted by atomic mass is 16.6. The van der Waals surface area contributed by atoms with E-state index >= 15 is 0 Å². The van der Waals surface area contributed by atoms with Gasteiger partial charge in [0.15, 0.2) is 0 Å². The van der Waals surface area contributed by atoms with Crippen LogP contribution in [0.2, 0.25) is 0 Å². The minimum atomic E-state index is -0.504. The van der Waals surface area contributed by atoms with E-state index in [0.717, 1.165) is 60.3 Å². The number of imidazole rings is 1. The molecule has 176 valence electrons. The van der Waals surface area contributed by atoms with Gasteiger partial charge in [0.25, 0.3) is 0 Å². The molecule has 0 radical (unpaired) electrons. The fourth-order valence-corrected chi connectivity index (χ4v) is 5.82. The number of carbonyl (C=O) groups is 1. The van der Waals surface area contributed by atoms with Crippen molar-refractivity contribution in [1.29, 1.82) is 5.26 Å². The fraction of sp³-hybridized carbons (Fsp3) is 0.444. The van der Waals surface area contributed by atoms with Crippen LogP contribution in [0.1, 0.15) is 50.7 Å². The lowest BCUT2D eigenvalue weighted by Crippen LogP contribution is -2.45. The monoisotopic (exact) mass is 458 g/mol. The summed E-state index contributed by atoms with van der Waals surface area (Å²) < 4.78 is 13.9. The number of hydrogen-bond donors (Lipinski definition) is 0. The summed E-state index contributed by atoms with van der Waals surface area (Å²) in [6, 6.07) is 13.7. The molecule has 1 aliphatic carbocycles. The molecule has 34 heavy (non-hydrogen) atoms. The third kappa shape index (κ3) is 3.98. The molecule has 1 saturated heterocycles. The van der Waals surface area contributed by atoms with E-state index in [1.54, 1.807) is 4.90 Å². The molecule has 5 rings (SSSR count). The van der Waals surface area contributed by atoms with Gasteiger partial charge in [-0.2, -0.15) is 5.26 Å². The Hall–Kier alpha value is -3.53. The molecule has 1 aliphatic heterocycles. The Balaban J connectivity index is 1.39. The van der Waals surface area contributed by atoms with Gasteiger partial charge in [-0.05, 0) is 74.8 Å². The predicted molar refractivity (Wildman–Crippen MR) is 130 cm³/mol. The molecule has 1 aromatic heterocycles. The minimum Gasteiger partial charge on any atom is -0.494 e. The average Bonchev–Trinajstić information content (AvgIpc) is 3.34. The van der Waals surface area contributed by atoms with Crippen molar-refractivity contribution >= 4 is 22.8 Å². The number of benzene rings is 2. The van der Waals surface area contributed by atoms with Crippen LogP contribution in [0, 0.1) is 23.7 Å². The Bertz CT molecular complexity index is 1290. The molecule has 1 amide bonds. The van der Waals surface area contributed by atoms with Gasteiger partial charge >= 0.3 is 6.09 Å². The molecular weight excluding hydrogens is 428 g/mol. The van der Waals surface area contributed by atoms with Gasteiger partial charge in [-0.15, -0.1) is 0 Å². The highest BCUT2D eigenvalue weighted by molar-refractivity contribution is 5.90. The Morgan fingerprint density at radius 3 is 2.91 bits per heavy atom. The smallest absolute Gasteiger partial charge is 0.415 e. The SMILES string of the molecule is CCOc1cccc(N2C[C@@]3(CCC[C@](C)(Cn4cnc5c(C)cc(C#N)cc54)C3)OC2=O)c1. The van der Waals surface area contributed by atoms with Gasteiger partial charge in [0, 0.05) is 12.6 Å². The summed E-state index contributed by atoms with van der Waals surface area (Å²) in [5.41, 5.74) is 3.80. The van der Waals surface area contributed by atoms with Crippen molar-refractivity contribution in [1.82, 2.24) is 9.55 Å². The van der Waals surface area contributed by atoms with Gasteiger partial charge in [-0.3, -0.25) is 4.90 Å². The van der Waals surface area contributed by atoms with E-state index in [9.17, 15) is 10.1 Å². The maximum Gasteiger partial charge on any atom is 0.415 e. The lowest BCUT2D eigenvalue weighted by Gasteiger charge is -2.43. The van der Waals surface area contributed by atoms with Crippen LogP contribution in [0.4, 0.5) is 10.5 Å². The molecule has 0 bridgehead atoms. The first-order valence-electron chi connectivity index (χ1n) is 11.9. The number of aryl methyl sites for hydroxylation is 1. The Morgan fingerprint density at radius 1 is 1.26 bits per heavy atom. The highest BCUT2D eigenvalue weighted by Gasteiger charge is 2.51. The third-order valence-corrected chi connectivity index (χ3v) is 7.17. The molecule has 2 atom stereocenters. The van der Waals surface area contributed by atoms with Crippen LogP contribution < -0.4 is 9.64 Å². The normalized spacial score (nSPS) is 24.4. The van der Waals surface area contributed by atoms with Crippen molar-refractivity contribution < 1.29 is 14.3 Å². The van der Waals surface area contributed by atoms with Gasteiger partial charge in [-0.25, -0.2) is 9.78 Å².